The fraction of sp³-hybridized carbons (Fsp3) is 0.346. The number of hydrogen-bond acceptors (Lipinski definition) is 4. The molecule has 162 valence electrons. The Morgan fingerprint density at radius 3 is 2.55 bits per heavy atom. The molecule has 0 aliphatic heterocycles. The minimum Gasteiger partial charge on any atom is -0.493 e. The van der Waals surface area contributed by atoms with Crippen LogP contribution in [0.15, 0.2) is 42.5 Å². The average Bonchev–Trinajstić information content (AvgIpc) is 2.78. The van der Waals surface area contributed by atoms with Crippen LogP contribution in [0.2, 0.25) is 0 Å². The van der Waals surface area contributed by atoms with Gasteiger partial charge in [0.15, 0.2) is 11.5 Å². The lowest BCUT2D eigenvalue weighted by Crippen LogP contribution is -2.31. The Kier molecular flexibility index (Phi) is 10.4. The standard InChI is InChI=1S/C26H29NO3S/c1-5-7-8-18-30-25(22-12-9-20(3)10-13-22)26(31)27-16-15-21-11-14-23(29-17-6-2)24(19-21)28-4/h2,9-14,19,25H,5,15-18H2,1,3-4H3,(H,27,31). The number of nitrogens with one attached hydrogen (secondary N) is 1. The number of hydrogen-bond donors (Lipinski definition) is 1. The monoisotopic (exact) mass is 435 g/mol. The summed E-state index contributed by atoms with van der Waals surface area (Å²) in [5.41, 5.74) is 3.30. The van der Waals surface area contributed by atoms with Crippen molar-refractivity contribution in [3.8, 4) is 35.7 Å². The van der Waals surface area contributed by atoms with Gasteiger partial charge in [-0.3, -0.25) is 0 Å². The summed E-state index contributed by atoms with van der Waals surface area (Å²) in [6, 6.07) is 14.0. The summed E-state index contributed by atoms with van der Waals surface area (Å²) in [6.07, 6.45) is 6.49. The van der Waals surface area contributed by atoms with Crippen LogP contribution in [0, 0.1) is 31.1 Å². The molecule has 31 heavy (non-hydrogen) atoms. The fourth-order valence-corrected chi connectivity index (χ4v) is 3.20. The van der Waals surface area contributed by atoms with E-state index in [0.717, 1.165) is 24.0 Å². The molecule has 0 spiro atoms. The number of benzene rings is 2. The van der Waals surface area contributed by atoms with Gasteiger partial charge in [-0.25, -0.2) is 0 Å². The molecule has 2 aromatic carbocycles. The van der Waals surface area contributed by atoms with Crippen LogP contribution in [0.5, 0.6) is 11.5 Å². The molecule has 1 atom stereocenters. The molecule has 2 rings (SSSR count). The van der Waals surface area contributed by atoms with Crippen molar-refractivity contribution in [3.63, 3.8) is 0 Å². The molecule has 1 unspecified atom stereocenters. The lowest BCUT2D eigenvalue weighted by atomic mass is 10.1. The van der Waals surface area contributed by atoms with Crippen molar-refractivity contribution in [3.05, 3.63) is 59.2 Å². The van der Waals surface area contributed by atoms with Crippen molar-refractivity contribution in [2.45, 2.75) is 32.8 Å². The first kappa shape index (κ1) is 24.3. The Balaban J connectivity index is 2.00. The molecule has 0 aliphatic carbocycles. The van der Waals surface area contributed by atoms with Crippen molar-refractivity contribution < 1.29 is 14.2 Å². The summed E-state index contributed by atoms with van der Waals surface area (Å²) in [7, 11) is 1.61. The van der Waals surface area contributed by atoms with E-state index in [0.29, 0.717) is 29.6 Å². The first-order valence-electron chi connectivity index (χ1n) is 10.2. The molecule has 1 N–H and O–H groups in total. The molecule has 0 aliphatic rings. The molecule has 0 bridgehead atoms. The zero-order chi connectivity index (χ0) is 22.5. The van der Waals surface area contributed by atoms with E-state index < -0.39 is 0 Å². The summed E-state index contributed by atoms with van der Waals surface area (Å²) < 4.78 is 16.9. The molecule has 4 nitrogen and oxygen atoms in total. The summed E-state index contributed by atoms with van der Waals surface area (Å²) >= 11 is 5.65. The lowest BCUT2D eigenvalue weighted by Gasteiger charge is -2.20. The van der Waals surface area contributed by atoms with Gasteiger partial charge in [0, 0.05) is 13.0 Å². The Bertz CT molecular complexity index is 951. The maximum Gasteiger partial charge on any atom is 0.162 e. The van der Waals surface area contributed by atoms with E-state index >= 15 is 0 Å². The van der Waals surface area contributed by atoms with Crippen LogP contribution in [-0.4, -0.2) is 31.9 Å². The van der Waals surface area contributed by atoms with Crippen LogP contribution < -0.4 is 14.8 Å². The van der Waals surface area contributed by atoms with E-state index in [2.05, 4.69) is 42.1 Å². The van der Waals surface area contributed by atoms with Gasteiger partial charge in [-0.2, -0.15) is 0 Å². The number of thiocarbonyl (C=S) groups is 1. The Hall–Kier alpha value is -2.99. The Labute approximate surface area is 191 Å². The number of terminal acetylenes is 1. The first-order chi connectivity index (χ1) is 15.1. The maximum absolute atomic E-state index is 5.99. The SMILES string of the molecule is C#CCOc1ccc(CCNC(=S)C(OCC#CCC)c2ccc(C)cc2)cc1OC. The van der Waals surface area contributed by atoms with Gasteiger partial charge < -0.3 is 19.5 Å². The van der Waals surface area contributed by atoms with Crippen LogP contribution in [0.1, 0.15) is 36.1 Å². The molecule has 0 fully saturated rings. The maximum atomic E-state index is 5.99. The van der Waals surface area contributed by atoms with E-state index in [-0.39, 0.29) is 12.7 Å². The Morgan fingerprint density at radius 2 is 1.87 bits per heavy atom. The molecule has 0 saturated carbocycles. The van der Waals surface area contributed by atoms with Crippen LogP contribution in [-0.2, 0) is 11.2 Å². The third-order valence-corrected chi connectivity index (χ3v) is 4.85. The molecule has 0 radical (unpaired) electrons. The van der Waals surface area contributed by atoms with E-state index in [9.17, 15) is 0 Å². The van der Waals surface area contributed by atoms with Crippen molar-refractivity contribution in [2.75, 3.05) is 26.9 Å². The highest BCUT2D eigenvalue weighted by Gasteiger charge is 2.17. The smallest absolute Gasteiger partial charge is 0.162 e. The van der Waals surface area contributed by atoms with E-state index in [1.165, 1.54) is 5.56 Å². The largest absolute Gasteiger partial charge is 0.493 e. The summed E-state index contributed by atoms with van der Waals surface area (Å²) in [4.78, 5) is 0.642. The van der Waals surface area contributed by atoms with Crippen LogP contribution in [0.25, 0.3) is 0 Å². The normalized spacial score (nSPS) is 10.9. The zero-order valence-electron chi connectivity index (χ0n) is 18.4. The fourth-order valence-electron chi connectivity index (χ4n) is 2.89. The minimum absolute atomic E-state index is 0.203. The van der Waals surface area contributed by atoms with Gasteiger partial charge in [0.1, 0.15) is 24.3 Å². The number of methoxy groups -OCH3 is 1. The Morgan fingerprint density at radius 1 is 1.10 bits per heavy atom. The second kappa shape index (κ2) is 13.3. The second-order valence-corrected chi connectivity index (χ2v) is 7.27. The van der Waals surface area contributed by atoms with Gasteiger partial charge in [-0.05, 0) is 36.6 Å². The molecular formula is C26H29NO3S. The topological polar surface area (TPSA) is 39.7 Å². The highest BCUT2D eigenvalue weighted by atomic mass is 32.1. The molecule has 0 heterocycles. The van der Waals surface area contributed by atoms with Gasteiger partial charge in [0.25, 0.3) is 0 Å². The van der Waals surface area contributed by atoms with Crippen molar-refractivity contribution in [2.24, 2.45) is 0 Å². The van der Waals surface area contributed by atoms with Crippen molar-refractivity contribution >= 4 is 17.2 Å². The third kappa shape index (κ3) is 7.98. The predicted molar refractivity (Wildman–Crippen MR) is 130 cm³/mol. The minimum atomic E-state index is -0.337. The van der Waals surface area contributed by atoms with Gasteiger partial charge >= 0.3 is 0 Å². The van der Waals surface area contributed by atoms with Crippen molar-refractivity contribution in [1.29, 1.82) is 0 Å². The average molecular weight is 436 g/mol. The lowest BCUT2D eigenvalue weighted by molar-refractivity contribution is 0.127. The molecule has 2 aromatic rings. The van der Waals surface area contributed by atoms with Gasteiger partial charge in [0.05, 0.1) is 7.11 Å². The second-order valence-electron chi connectivity index (χ2n) is 6.83. The number of rotatable bonds is 10. The van der Waals surface area contributed by atoms with Crippen molar-refractivity contribution in [1.82, 2.24) is 5.32 Å². The van der Waals surface area contributed by atoms with Gasteiger partial charge in [-0.15, -0.1) is 12.3 Å². The van der Waals surface area contributed by atoms with Crippen LogP contribution >= 0.6 is 12.2 Å². The van der Waals surface area contributed by atoms with E-state index in [4.69, 9.17) is 32.9 Å². The number of ether oxygens (including phenoxy) is 3. The highest BCUT2D eigenvalue weighted by molar-refractivity contribution is 7.80. The number of aryl methyl sites for hydroxylation is 1. The summed E-state index contributed by atoms with van der Waals surface area (Å²) in [5.74, 6) is 9.79. The molecule has 5 heteroatoms. The highest BCUT2D eigenvalue weighted by Crippen LogP contribution is 2.28. The zero-order valence-corrected chi connectivity index (χ0v) is 19.2. The molecule has 0 amide bonds. The third-order valence-electron chi connectivity index (χ3n) is 4.49. The van der Waals surface area contributed by atoms with Crippen LogP contribution in [0.4, 0.5) is 0 Å². The summed E-state index contributed by atoms with van der Waals surface area (Å²) in [5, 5.41) is 3.33. The molecule has 0 aromatic heterocycles. The van der Waals surface area contributed by atoms with Gasteiger partial charge in [0.2, 0.25) is 0 Å². The quantitative estimate of drug-likeness (QED) is 0.435. The van der Waals surface area contributed by atoms with E-state index in [1.807, 2.05) is 37.3 Å². The molecular weight excluding hydrogens is 406 g/mol. The predicted octanol–water partition coefficient (Wildman–Crippen LogP) is 4.65. The summed E-state index contributed by atoms with van der Waals surface area (Å²) in [6.45, 7) is 5.28. The van der Waals surface area contributed by atoms with Gasteiger partial charge in [-0.1, -0.05) is 66.9 Å². The van der Waals surface area contributed by atoms with Crippen LogP contribution in [0.3, 0.4) is 0 Å². The van der Waals surface area contributed by atoms with E-state index in [1.54, 1.807) is 7.11 Å². The molecule has 0 saturated heterocycles. The first-order valence-corrected chi connectivity index (χ1v) is 10.6.